The molecule has 0 amide bonds. The predicted octanol–water partition coefficient (Wildman–Crippen LogP) is 2.59. The highest BCUT2D eigenvalue weighted by Crippen LogP contribution is 2.29. The van der Waals surface area contributed by atoms with Crippen molar-refractivity contribution in [3.63, 3.8) is 0 Å². The van der Waals surface area contributed by atoms with Crippen molar-refractivity contribution in [2.75, 3.05) is 13.7 Å². The fraction of sp³-hybridized carbons (Fsp3) is 0.353. The van der Waals surface area contributed by atoms with Crippen LogP contribution in [0.4, 0.5) is 0 Å². The molecule has 0 bridgehead atoms. The number of rotatable bonds is 9. The molecule has 0 radical (unpaired) electrons. The lowest BCUT2D eigenvalue weighted by Crippen LogP contribution is -2.10. The van der Waals surface area contributed by atoms with E-state index >= 15 is 0 Å². The van der Waals surface area contributed by atoms with Crippen LogP contribution >= 0.6 is 0 Å². The fourth-order valence-corrected chi connectivity index (χ4v) is 1.82. The molecule has 0 aliphatic heterocycles. The minimum atomic E-state index is -1.08. The first-order chi connectivity index (χ1) is 11.4. The van der Waals surface area contributed by atoms with Crippen molar-refractivity contribution in [2.45, 2.75) is 26.2 Å². The smallest absolute Gasteiger partial charge is 0.338 e. The molecule has 0 saturated carbocycles. The van der Waals surface area contributed by atoms with Gasteiger partial charge in [-0.25, -0.2) is 9.59 Å². The summed E-state index contributed by atoms with van der Waals surface area (Å²) in [7, 11) is 1.39. The van der Waals surface area contributed by atoms with Crippen LogP contribution in [0.3, 0.4) is 0 Å². The summed E-state index contributed by atoms with van der Waals surface area (Å²) in [5, 5.41) is 8.69. The van der Waals surface area contributed by atoms with Gasteiger partial charge in [0, 0.05) is 12.0 Å². The average molecular weight is 336 g/mol. The van der Waals surface area contributed by atoms with E-state index in [-0.39, 0.29) is 42.1 Å². The topological polar surface area (TPSA) is 99.1 Å². The van der Waals surface area contributed by atoms with E-state index in [0.29, 0.717) is 6.42 Å². The first-order valence-electron chi connectivity index (χ1n) is 7.36. The number of carboxylic acid groups (broad SMARTS) is 1. The number of ether oxygens (including phenoxy) is 3. The molecule has 24 heavy (non-hydrogen) atoms. The number of esters is 2. The van der Waals surface area contributed by atoms with Crippen LogP contribution in [-0.4, -0.2) is 36.7 Å². The van der Waals surface area contributed by atoms with Gasteiger partial charge in [-0.1, -0.05) is 6.58 Å². The maximum Gasteiger partial charge on any atom is 0.338 e. The number of carbonyl (C=O) groups is 3. The molecule has 1 rings (SSSR count). The quantitative estimate of drug-likeness (QED) is 0.420. The van der Waals surface area contributed by atoms with Crippen LogP contribution in [0.2, 0.25) is 0 Å². The SMILES string of the molecule is C=C(CCCC(=O)Oc1ccc(C(=O)OCC)cc1OC)C(=O)O. The van der Waals surface area contributed by atoms with Crippen LogP contribution in [0, 0.1) is 0 Å². The second-order valence-electron chi connectivity index (χ2n) is 4.82. The molecular formula is C17H20O7. The first kappa shape index (κ1) is 19.2. The van der Waals surface area contributed by atoms with Gasteiger partial charge in [-0.15, -0.1) is 0 Å². The third-order valence-electron chi connectivity index (χ3n) is 3.06. The predicted molar refractivity (Wildman–Crippen MR) is 85.2 cm³/mol. The Morgan fingerprint density at radius 3 is 2.46 bits per heavy atom. The maximum atomic E-state index is 11.8. The normalized spacial score (nSPS) is 9.92. The number of carbonyl (C=O) groups excluding carboxylic acids is 2. The van der Waals surface area contributed by atoms with Gasteiger partial charge in [-0.2, -0.15) is 0 Å². The Bertz CT molecular complexity index is 634. The number of benzene rings is 1. The highest BCUT2D eigenvalue weighted by atomic mass is 16.6. The van der Waals surface area contributed by atoms with Gasteiger partial charge in [0.25, 0.3) is 0 Å². The van der Waals surface area contributed by atoms with E-state index in [4.69, 9.17) is 19.3 Å². The zero-order chi connectivity index (χ0) is 18.1. The van der Waals surface area contributed by atoms with Crippen molar-refractivity contribution >= 4 is 17.9 Å². The van der Waals surface area contributed by atoms with Crippen LogP contribution in [0.1, 0.15) is 36.5 Å². The van der Waals surface area contributed by atoms with E-state index < -0.39 is 17.9 Å². The Balaban J connectivity index is 2.66. The first-order valence-corrected chi connectivity index (χ1v) is 7.36. The van der Waals surface area contributed by atoms with Gasteiger partial charge < -0.3 is 19.3 Å². The van der Waals surface area contributed by atoms with E-state index in [1.807, 2.05) is 0 Å². The number of carboxylic acids is 1. The minimum Gasteiger partial charge on any atom is -0.493 e. The Kier molecular flexibility index (Phi) is 7.48. The lowest BCUT2D eigenvalue weighted by atomic mass is 10.1. The molecule has 7 nitrogen and oxygen atoms in total. The third-order valence-corrected chi connectivity index (χ3v) is 3.06. The fourth-order valence-electron chi connectivity index (χ4n) is 1.82. The van der Waals surface area contributed by atoms with Crippen molar-refractivity contribution in [1.29, 1.82) is 0 Å². The number of hydrogen-bond donors (Lipinski definition) is 1. The van der Waals surface area contributed by atoms with E-state index in [1.54, 1.807) is 6.92 Å². The van der Waals surface area contributed by atoms with E-state index in [0.717, 1.165) is 0 Å². The zero-order valence-corrected chi connectivity index (χ0v) is 13.7. The van der Waals surface area contributed by atoms with Crippen LogP contribution in [0.25, 0.3) is 0 Å². The molecule has 0 saturated heterocycles. The monoisotopic (exact) mass is 336 g/mol. The van der Waals surface area contributed by atoms with E-state index in [1.165, 1.54) is 25.3 Å². The molecule has 0 spiro atoms. The van der Waals surface area contributed by atoms with Gasteiger partial charge in [0.05, 0.1) is 19.3 Å². The zero-order valence-electron chi connectivity index (χ0n) is 13.7. The highest BCUT2D eigenvalue weighted by Gasteiger charge is 2.15. The summed E-state index contributed by atoms with van der Waals surface area (Å²) in [6.45, 7) is 5.34. The summed E-state index contributed by atoms with van der Waals surface area (Å²) in [5.74, 6) is -1.72. The van der Waals surface area contributed by atoms with Gasteiger partial charge in [0.1, 0.15) is 0 Å². The van der Waals surface area contributed by atoms with Crippen molar-refractivity contribution < 1.29 is 33.7 Å². The molecule has 1 aromatic carbocycles. The van der Waals surface area contributed by atoms with Crippen LogP contribution in [-0.2, 0) is 14.3 Å². The minimum absolute atomic E-state index is 0.0368. The lowest BCUT2D eigenvalue weighted by Gasteiger charge is -2.10. The van der Waals surface area contributed by atoms with Gasteiger partial charge in [-0.05, 0) is 38.0 Å². The summed E-state index contributed by atoms with van der Waals surface area (Å²) < 4.78 is 15.2. The summed E-state index contributed by atoms with van der Waals surface area (Å²) in [4.78, 5) is 34.1. The Morgan fingerprint density at radius 1 is 1.17 bits per heavy atom. The lowest BCUT2D eigenvalue weighted by molar-refractivity contribution is -0.135. The summed E-state index contributed by atoms with van der Waals surface area (Å²) in [6, 6.07) is 4.33. The van der Waals surface area contributed by atoms with Gasteiger partial charge >= 0.3 is 17.9 Å². The largest absolute Gasteiger partial charge is 0.493 e. The molecule has 0 aliphatic rings. The van der Waals surface area contributed by atoms with Gasteiger partial charge in [-0.3, -0.25) is 4.79 Å². The Hall–Kier alpha value is -2.83. The summed E-state index contributed by atoms with van der Waals surface area (Å²) >= 11 is 0. The van der Waals surface area contributed by atoms with E-state index in [2.05, 4.69) is 6.58 Å². The number of hydrogen-bond acceptors (Lipinski definition) is 6. The second kappa shape index (κ2) is 9.34. The molecule has 130 valence electrons. The van der Waals surface area contributed by atoms with Crippen molar-refractivity contribution in [3.8, 4) is 11.5 Å². The van der Waals surface area contributed by atoms with Crippen molar-refractivity contribution in [1.82, 2.24) is 0 Å². The van der Waals surface area contributed by atoms with Crippen LogP contribution in [0.5, 0.6) is 11.5 Å². The molecule has 0 heterocycles. The number of methoxy groups -OCH3 is 1. The highest BCUT2D eigenvalue weighted by molar-refractivity contribution is 5.90. The molecule has 0 aliphatic carbocycles. The van der Waals surface area contributed by atoms with Crippen LogP contribution in [0.15, 0.2) is 30.4 Å². The molecule has 1 aromatic rings. The molecule has 0 unspecified atom stereocenters. The Labute approximate surface area is 139 Å². The molecular weight excluding hydrogens is 316 g/mol. The maximum absolute atomic E-state index is 11.8. The standard InChI is InChI=1S/C17H20O7/c1-4-23-17(21)12-8-9-13(14(10-12)22-3)24-15(18)7-5-6-11(2)16(19)20/h8-10H,2,4-7H2,1,3H3,(H,19,20). The average Bonchev–Trinajstić information content (AvgIpc) is 2.55. The van der Waals surface area contributed by atoms with Gasteiger partial charge in [0.15, 0.2) is 11.5 Å². The molecule has 1 N–H and O–H groups in total. The third kappa shape index (κ3) is 5.75. The number of aliphatic carboxylic acids is 1. The summed E-state index contributed by atoms with van der Waals surface area (Å²) in [5.41, 5.74) is 0.324. The second-order valence-corrected chi connectivity index (χ2v) is 4.82. The molecule has 7 heteroatoms. The molecule has 0 aromatic heterocycles. The van der Waals surface area contributed by atoms with Crippen molar-refractivity contribution in [2.24, 2.45) is 0 Å². The Morgan fingerprint density at radius 2 is 1.88 bits per heavy atom. The molecule has 0 atom stereocenters. The molecule has 0 fully saturated rings. The van der Waals surface area contributed by atoms with E-state index in [9.17, 15) is 14.4 Å². The van der Waals surface area contributed by atoms with Crippen molar-refractivity contribution in [3.05, 3.63) is 35.9 Å². The summed E-state index contributed by atoms with van der Waals surface area (Å²) in [6.07, 6.45) is 0.547. The van der Waals surface area contributed by atoms with Gasteiger partial charge in [0.2, 0.25) is 0 Å². The van der Waals surface area contributed by atoms with Crippen LogP contribution < -0.4 is 9.47 Å².